The Labute approximate surface area is 109 Å². The van der Waals surface area contributed by atoms with Crippen molar-refractivity contribution in [3.63, 3.8) is 0 Å². The first-order valence-electron chi connectivity index (χ1n) is 5.64. The van der Waals surface area contributed by atoms with Gasteiger partial charge < -0.3 is 10.0 Å². The van der Waals surface area contributed by atoms with Crippen LogP contribution >= 0.6 is 0 Å². The van der Waals surface area contributed by atoms with E-state index in [-0.39, 0.29) is 5.82 Å². The number of Topliss-reactive ketones (excluding diaryl/α,β-unsaturated/α-hetero) is 1. The number of benzene rings is 1. The number of hydrogen-bond acceptors (Lipinski definition) is 3. The van der Waals surface area contributed by atoms with E-state index in [2.05, 4.69) is 0 Å². The molecular formula is C13H14FNO4. The maximum absolute atomic E-state index is 12.7. The van der Waals surface area contributed by atoms with Gasteiger partial charge in [0.15, 0.2) is 0 Å². The fourth-order valence-corrected chi connectivity index (χ4v) is 1.42. The molecule has 102 valence electrons. The second-order valence-electron chi connectivity index (χ2n) is 4.10. The summed E-state index contributed by atoms with van der Waals surface area (Å²) in [7, 11) is 1.49. The molecule has 19 heavy (non-hydrogen) atoms. The van der Waals surface area contributed by atoms with E-state index in [1.54, 1.807) is 12.1 Å². The van der Waals surface area contributed by atoms with Gasteiger partial charge >= 0.3 is 5.97 Å². The van der Waals surface area contributed by atoms with Crippen molar-refractivity contribution in [1.29, 1.82) is 0 Å². The summed E-state index contributed by atoms with van der Waals surface area (Å²) < 4.78 is 12.7. The Kier molecular flexibility index (Phi) is 5.17. The molecule has 0 unspecified atom stereocenters. The van der Waals surface area contributed by atoms with Crippen LogP contribution in [-0.4, -0.2) is 41.3 Å². The van der Waals surface area contributed by atoms with Crippen molar-refractivity contribution in [3.05, 3.63) is 35.6 Å². The van der Waals surface area contributed by atoms with Gasteiger partial charge in [-0.1, -0.05) is 12.1 Å². The number of halogens is 1. The van der Waals surface area contributed by atoms with Gasteiger partial charge in [0.2, 0.25) is 11.7 Å². The lowest BCUT2D eigenvalue weighted by molar-refractivity contribution is -0.151. The average molecular weight is 267 g/mol. The van der Waals surface area contributed by atoms with Crippen molar-refractivity contribution in [1.82, 2.24) is 4.90 Å². The molecule has 0 heterocycles. The first-order chi connectivity index (χ1) is 8.90. The van der Waals surface area contributed by atoms with E-state index in [0.29, 0.717) is 13.0 Å². The molecule has 1 N–H and O–H groups in total. The van der Waals surface area contributed by atoms with Gasteiger partial charge in [-0.05, 0) is 24.1 Å². The highest BCUT2D eigenvalue weighted by Crippen LogP contribution is 2.04. The van der Waals surface area contributed by atoms with Gasteiger partial charge in [0.1, 0.15) is 5.82 Å². The zero-order chi connectivity index (χ0) is 14.4. The topological polar surface area (TPSA) is 74.7 Å². The third-order valence-electron chi connectivity index (χ3n) is 2.63. The molecule has 0 saturated carbocycles. The van der Waals surface area contributed by atoms with Gasteiger partial charge in [0.25, 0.3) is 0 Å². The lowest BCUT2D eigenvalue weighted by Crippen LogP contribution is -2.32. The average Bonchev–Trinajstić information content (AvgIpc) is 2.37. The molecule has 1 aromatic carbocycles. The number of ketones is 1. The van der Waals surface area contributed by atoms with E-state index < -0.39 is 24.1 Å². The highest BCUT2D eigenvalue weighted by molar-refractivity contribution is 6.36. The van der Waals surface area contributed by atoms with E-state index in [4.69, 9.17) is 5.11 Å². The van der Waals surface area contributed by atoms with Crippen LogP contribution in [0.1, 0.15) is 12.0 Å². The van der Waals surface area contributed by atoms with Crippen molar-refractivity contribution >= 4 is 17.7 Å². The fourth-order valence-electron chi connectivity index (χ4n) is 1.42. The molecular weight excluding hydrogens is 253 g/mol. The SMILES string of the molecule is CN(CCc1ccc(F)cc1)C(=O)CC(=O)C(=O)O. The number of carbonyl (C=O) groups excluding carboxylic acids is 2. The van der Waals surface area contributed by atoms with Gasteiger partial charge in [-0.25, -0.2) is 9.18 Å². The van der Waals surface area contributed by atoms with Crippen molar-refractivity contribution in [2.24, 2.45) is 0 Å². The molecule has 0 aliphatic rings. The Balaban J connectivity index is 2.44. The van der Waals surface area contributed by atoms with Crippen molar-refractivity contribution in [2.75, 3.05) is 13.6 Å². The summed E-state index contributed by atoms with van der Waals surface area (Å²) in [6.45, 7) is 0.331. The Morgan fingerprint density at radius 1 is 1.21 bits per heavy atom. The predicted octanol–water partition coefficient (Wildman–Crippen LogP) is 0.870. The maximum atomic E-state index is 12.7. The highest BCUT2D eigenvalue weighted by Gasteiger charge is 2.19. The molecule has 0 aliphatic carbocycles. The molecule has 0 aliphatic heterocycles. The van der Waals surface area contributed by atoms with Crippen LogP contribution in [0.5, 0.6) is 0 Å². The van der Waals surface area contributed by atoms with Crippen molar-refractivity contribution in [3.8, 4) is 0 Å². The summed E-state index contributed by atoms with van der Waals surface area (Å²) >= 11 is 0. The highest BCUT2D eigenvalue weighted by atomic mass is 19.1. The second kappa shape index (κ2) is 6.63. The van der Waals surface area contributed by atoms with Gasteiger partial charge in [-0.3, -0.25) is 9.59 Å². The first kappa shape index (κ1) is 14.8. The zero-order valence-electron chi connectivity index (χ0n) is 10.4. The summed E-state index contributed by atoms with van der Waals surface area (Å²) in [5.74, 6) is -3.62. The molecule has 1 amide bonds. The van der Waals surface area contributed by atoms with Crippen LogP contribution in [0.25, 0.3) is 0 Å². The molecule has 1 rings (SSSR count). The number of hydrogen-bond donors (Lipinski definition) is 1. The minimum absolute atomic E-state index is 0.331. The van der Waals surface area contributed by atoms with Crippen LogP contribution in [0, 0.1) is 5.82 Å². The van der Waals surface area contributed by atoms with E-state index in [1.165, 1.54) is 24.1 Å². The minimum Gasteiger partial charge on any atom is -0.475 e. The summed E-state index contributed by atoms with van der Waals surface area (Å²) in [6, 6.07) is 5.86. The van der Waals surface area contributed by atoms with E-state index >= 15 is 0 Å². The summed E-state index contributed by atoms with van der Waals surface area (Å²) in [5.41, 5.74) is 0.852. The van der Waals surface area contributed by atoms with Gasteiger partial charge in [0, 0.05) is 13.6 Å². The van der Waals surface area contributed by atoms with Crippen LogP contribution < -0.4 is 0 Å². The number of rotatable bonds is 6. The van der Waals surface area contributed by atoms with E-state index in [0.717, 1.165) is 5.56 Å². The smallest absolute Gasteiger partial charge is 0.372 e. The molecule has 0 spiro atoms. The van der Waals surface area contributed by atoms with Crippen LogP contribution in [-0.2, 0) is 20.8 Å². The van der Waals surface area contributed by atoms with Crippen LogP contribution in [0.4, 0.5) is 4.39 Å². The first-order valence-corrected chi connectivity index (χ1v) is 5.64. The molecule has 0 aromatic heterocycles. The number of carboxylic acids is 1. The Morgan fingerprint density at radius 3 is 2.32 bits per heavy atom. The van der Waals surface area contributed by atoms with Gasteiger partial charge in [0.05, 0.1) is 6.42 Å². The molecule has 6 heteroatoms. The van der Waals surface area contributed by atoms with Crippen LogP contribution in [0.3, 0.4) is 0 Å². The third kappa shape index (κ3) is 4.87. The lowest BCUT2D eigenvalue weighted by atomic mass is 10.1. The molecule has 0 saturated heterocycles. The largest absolute Gasteiger partial charge is 0.475 e. The monoisotopic (exact) mass is 267 g/mol. The number of likely N-dealkylation sites (N-methyl/N-ethyl adjacent to an activating group) is 1. The van der Waals surface area contributed by atoms with Gasteiger partial charge in [-0.15, -0.1) is 0 Å². The Hall–Kier alpha value is -2.24. The van der Waals surface area contributed by atoms with Gasteiger partial charge in [-0.2, -0.15) is 0 Å². The zero-order valence-corrected chi connectivity index (χ0v) is 10.4. The van der Waals surface area contributed by atoms with Crippen LogP contribution in [0.2, 0.25) is 0 Å². The minimum atomic E-state index is -1.61. The predicted molar refractivity (Wildman–Crippen MR) is 65.0 cm³/mol. The van der Waals surface area contributed by atoms with Crippen molar-refractivity contribution < 1.29 is 23.9 Å². The third-order valence-corrected chi connectivity index (χ3v) is 2.63. The molecule has 0 bridgehead atoms. The summed E-state index contributed by atoms with van der Waals surface area (Å²) in [6.07, 6.45) is -0.140. The molecule has 0 fully saturated rings. The van der Waals surface area contributed by atoms with E-state index in [9.17, 15) is 18.8 Å². The lowest BCUT2D eigenvalue weighted by Gasteiger charge is -2.16. The second-order valence-corrected chi connectivity index (χ2v) is 4.10. The number of carboxylic acid groups (broad SMARTS) is 1. The maximum Gasteiger partial charge on any atom is 0.372 e. The Bertz CT molecular complexity index is 484. The molecule has 0 radical (unpaired) electrons. The molecule has 0 atom stereocenters. The Morgan fingerprint density at radius 2 is 1.79 bits per heavy atom. The van der Waals surface area contributed by atoms with Crippen molar-refractivity contribution in [2.45, 2.75) is 12.8 Å². The number of carbonyl (C=O) groups is 3. The fraction of sp³-hybridized carbons (Fsp3) is 0.308. The van der Waals surface area contributed by atoms with E-state index in [1.807, 2.05) is 0 Å². The standard InChI is InChI=1S/C13H14FNO4/c1-15(12(17)8-11(16)13(18)19)7-6-9-2-4-10(14)5-3-9/h2-5H,6-8H2,1H3,(H,18,19). The molecule has 1 aromatic rings. The van der Waals surface area contributed by atoms with Crippen LogP contribution in [0.15, 0.2) is 24.3 Å². The number of amides is 1. The number of nitrogens with zero attached hydrogens (tertiary/aromatic N) is 1. The molecule has 5 nitrogen and oxygen atoms in total. The normalized spacial score (nSPS) is 10.0. The number of aliphatic carboxylic acids is 1. The summed E-state index contributed by atoms with van der Waals surface area (Å²) in [5, 5.41) is 8.39. The quantitative estimate of drug-likeness (QED) is 0.613. The summed E-state index contributed by atoms with van der Waals surface area (Å²) in [4.78, 5) is 34.0.